The van der Waals surface area contributed by atoms with Crippen molar-refractivity contribution in [1.29, 1.82) is 0 Å². The average molecular weight is 269 g/mol. The van der Waals surface area contributed by atoms with Gasteiger partial charge < -0.3 is 5.21 Å². The van der Waals surface area contributed by atoms with Gasteiger partial charge in [-0.05, 0) is 5.56 Å². The lowest BCUT2D eigenvalue weighted by Crippen LogP contribution is -2.19. The number of halogens is 1. The molecule has 0 saturated carbocycles. The van der Waals surface area contributed by atoms with Gasteiger partial charge in [0.05, 0.1) is 22.2 Å². The van der Waals surface area contributed by atoms with Crippen LogP contribution in [0.2, 0.25) is 0 Å². The van der Waals surface area contributed by atoms with Crippen molar-refractivity contribution in [2.75, 3.05) is 0 Å². The van der Waals surface area contributed by atoms with Gasteiger partial charge in [0.15, 0.2) is 0 Å². The van der Waals surface area contributed by atoms with Gasteiger partial charge in [-0.25, -0.2) is 0 Å². The molecule has 1 heterocycles. The molecule has 1 aromatic carbocycles. The topological polar surface area (TPSA) is 52.9 Å². The van der Waals surface area contributed by atoms with E-state index in [0.29, 0.717) is 6.42 Å². The highest BCUT2D eigenvalue weighted by Crippen LogP contribution is 2.33. The summed E-state index contributed by atoms with van der Waals surface area (Å²) in [6.07, 6.45) is 0.421. The summed E-state index contributed by atoms with van der Waals surface area (Å²) in [6, 6.07) is 9.52. The van der Waals surface area contributed by atoms with E-state index in [1.165, 1.54) is 3.93 Å². The third-order valence-corrected chi connectivity index (χ3v) is 3.22. The number of nitrogens with zero attached hydrogens (tertiary/aromatic N) is 2. The number of oxime groups is 1. The van der Waals surface area contributed by atoms with Crippen LogP contribution in [-0.4, -0.2) is 20.8 Å². The average Bonchev–Trinajstić information content (AvgIpc) is 2.57. The summed E-state index contributed by atoms with van der Waals surface area (Å²) in [6.45, 7) is 0. The van der Waals surface area contributed by atoms with Crippen LogP contribution in [0.5, 0.6) is 0 Å². The van der Waals surface area contributed by atoms with Gasteiger partial charge in [0.25, 0.3) is 5.91 Å². The quantitative estimate of drug-likeness (QED) is 0.482. The van der Waals surface area contributed by atoms with Crippen LogP contribution in [0.4, 0.5) is 0 Å². The van der Waals surface area contributed by atoms with Crippen molar-refractivity contribution in [3.63, 3.8) is 0 Å². The summed E-state index contributed by atoms with van der Waals surface area (Å²) in [4.78, 5) is 11.5. The fourth-order valence-corrected chi connectivity index (χ4v) is 2.21. The molecule has 15 heavy (non-hydrogen) atoms. The molecule has 0 aliphatic carbocycles. The molecule has 2 rings (SSSR count). The Morgan fingerprint density at radius 3 is 2.60 bits per heavy atom. The largest absolute Gasteiger partial charge is 0.410 e. The van der Waals surface area contributed by atoms with Crippen LogP contribution in [0.1, 0.15) is 18.0 Å². The van der Waals surface area contributed by atoms with E-state index in [4.69, 9.17) is 5.21 Å². The Balaban J connectivity index is 2.30. The zero-order chi connectivity index (χ0) is 10.8. The number of rotatable bonds is 1. The number of benzene rings is 1. The number of carbonyl (C=O) groups excluding carboxylic acids is 1. The molecule has 0 spiro atoms. The van der Waals surface area contributed by atoms with Crippen LogP contribution < -0.4 is 0 Å². The van der Waals surface area contributed by atoms with E-state index >= 15 is 0 Å². The first-order valence-corrected chi connectivity index (χ1v) is 5.20. The second-order valence-corrected chi connectivity index (χ2v) is 4.06. The molecule has 1 unspecified atom stereocenters. The van der Waals surface area contributed by atoms with Crippen LogP contribution in [0, 0.1) is 0 Å². The molecule has 0 radical (unpaired) electrons. The maximum Gasteiger partial charge on any atom is 0.282 e. The Morgan fingerprint density at radius 1 is 1.40 bits per heavy atom. The van der Waals surface area contributed by atoms with E-state index in [-0.39, 0.29) is 17.7 Å². The molecule has 1 aliphatic rings. The summed E-state index contributed by atoms with van der Waals surface area (Å²) in [5, 5.41) is 11.6. The molecule has 4 nitrogen and oxygen atoms in total. The highest BCUT2D eigenvalue weighted by atomic mass is 79.9. The van der Waals surface area contributed by atoms with Crippen molar-refractivity contribution in [2.45, 2.75) is 12.5 Å². The molecule has 1 amide bonds. The minimum Gasteiger partial charge on any atom is -0.410 e. The number of amides is 1. The van der Waals surface area contributed by atoms with Crippen molar-refractivity contribution in [3.8, 4) is 0 Å². The summed E-state index contributed by atoms with van der Waals surface area (Å²) in [5.41, 5.74) is 1.20. The predicted octanol–water partition coefficient (Wildman–Crippen LogP) is 2.10. The van der Waals surface area contributed by atoms with Gasteiger partial charge in [0, 0.05) is 6.42 Å². The van der Waals surface area contributed by atoms with Crippen molar-refractivity contribution in [3.05, 3.63) is 35.9 Å². The second kappa shape index (κ2) is 4.02. The molecule has 1 aromatic rings. The molecule has 1 N–H and O–H groups in total. The fourth-order valence-electron chi connectivity index (χ4n) is 1.62. The lowest BCUT2D eigenvalue weighted by Gasteiger charge is -2.16. The lowest BCUT2D eigenvalue weighted by molar-refractivity contribution is -0.118. The lowest BCUT2D eigenvalue weighted by atomic mass is 10.1. The zero-order valence-corrected chi connectivity index (χ0v) is 9.39. The smallest absolute Gasteiger partial charge is 0.282 e. The van der Waals surface area contributed by atoms with Crippen LogP contribution >= 0.6 is 16.1 Å². The van der Waals surface area contributed by atoms with Crippen molar-refractivity contribution in [1.82, 2.24) is 3.93 Å². The maximum atomic E-state index is 11.5. The normalized spacial score (nSPS) is 23.8. The van der Waals surface area contributed by atoms with Gasteiger partial charge in [-0.3, -0.25) is 8.72 Å². The minimum atomic E-state index is -0.286. The molecule has 0 bridgehead atoms. The van der Waals surface area contributed by atoms with E-state index in [1.807, 2.05) is 30.3 Å². The Bertz CT molecular complexity index is 405. The summed E-state index contributed by atoms with van der Waals surface area (Å²) in [7, 11) is 0. The Hall–Kier alpha value is -1.36. The highest BCUT2D eigenvalue weighted by Gasteiger charge is 2.36. The third kappa shape index (κ3) is 1.74. The van der Waals surface area contributed by atoms with E-state index in [1.54, 1.807) is 0 Å². The number of hydrogen-bond donors (Lipinski definition) is 1. The highest BCUT2D eigenvalue weighted by molar-refractivity contribution is 9.07. The monoisotopic (exact) mass is 268 g/mol. The SMILES string of the molecule is O=C1/C(=N/O)CC(c2ccccc2)N1Br. The Labute approximate surface area is 95.5 Å². The van der Waals surface area contributed by atoms with Crippen LogP contribution in [-0.2, 0) is 4.79 Å². The van der Waals surface area contributed by atoms with Gasteiger partial charge in [0.2, 0.25) is 0 Å². The first kappa shape index (κ1) is 10.2. The Morgan fingerprint density at radius 2 is 2.07 bits per heavy atom. The third-order valence-electron chi connectivity index (χ3n) is 2.41. The van der Waals surface area contributed by atoms with Gasteiger partial charge >= 0.3 is 0 Å². The molecule has 78 valence electrons. The van der Waals surface area contributed by atoms with E-state index in [9.17, 15) is 4.79 Å². The first-order valence-electron chi connectivity index (χ1n) is 4.49. The Kier molecular flexibility index (Phi) is 2.73. The first-order chi connectivity index (χ1) is 7.24. The minimum absolute atomic E-state index is 0.0930. The molecule has 1 aliphatic heterocycles. The van der Waals surface area contributed by atoms with E-state index in [2.05, 4.69) is 21.3 Å². The van der Waals surface area contributed by atoms with Crippen molar-refractivity contribution in [2.24, 2.45) is 5.16 Å². The standard InChI is InChI=1S/C10H9BrN2O2/c11-13-9(6-8(12-15)10(13)14)7-4-2-1-3-5-7/h1-5,9,15H,6H2/b12-8+. The molecule has 5 heteroatoms. The summed E-state index contributed by atoms with van der Waals surface area (Å²) >= 11 is 3.18. The molecule has 1 atom stereocenters. The van der Waals surface area contributed by atoms with Crippen LogP contribution in [0.15, 0.2) is 35.5 Å². The molecule has 1 saturated heterocycles. The molecule has 1 fully saturated rings. The van der Waals surface area contributed by atoms with Gasteiger partial charge in [0.1, 0.15) is 5.71 Å². The fraction of sp³-hybridized carbons (Fsp3) is 0.200. The summed E-state index contributed by atoms with van der Waals surface area (Å²) in [5.74, 6) is -0.286. The van der Waals surface area contributed by atoms with Crippen molar-refractivity contribution >= 4 is 27.8 Å². The predicted molar refractivity (Wildman–Crippen MR) is 58.8 cm³/mol. The number of carbonyl (C=O) groups is 1. The number of hydrogen-bond acceptors (Lipinski definition) is 3. The molecular formula is C10H9BrN2O2. The van der Waals surface area contributed by atoms with E-state index < -0.39 is 0 Å². The van der Waals surface area contributed by atoms with Crippen molar-refractivity contribution < 1.29 is 10.0 Å². The van der Waals surface area contributed by atoms with Gasteiger partial charge in [-0.1, -0.05) is 35.5 Å². The zero-order valence-electron chi connectivity index (χ0n) is 7.80. The summed E-state index contributed by atoms with van der Waals surface area (Å²) < 4.78 is 1.41. The van der Waals surface area contributed by atoms with E-state index in [0.717, 1.165) is 5.56 Å². The molecule has 0 aromatic heterocycles. The van der Waals surface area contributed by atoms with Crippen LogP contribution in [0.25, 0.3) is 0 Å². The second-order valence-electron chi connectivity index (χ2n) is 3.29. The van der Waals surface area contributed by atoms with Gasteiger partial charge in [-0.2, -0.15) is 0 Å². The molecular weight excluding hydrogens is 260 g/mol. The maximum absolute atomic E-state index is 11.5. The van der Waals surface area contributed by atoms with Crippen LogP contribution in [0.3, 0.4) is 0 Å². The van der Waals surface area contributed by atoms with Gasteiger partial charge in [-0.15, -0.1) is 0 Å².